The Morgan fingerprint density at radius 2 is 2.04 bits per heavy atom. The van der Waals surface area contributed by atoms with Crippen LogP contribution in [0.4, 0.5) is 0 Å². The van der Waals surface area contributed by atoms with Gasteiger partial charge in [0.25, 0.3) is 0 Å². The smallest absolute Gasteiger partial charge is 0.193 e. The number of nitrogens with one attached hydrogen (secondary N) is 1. The number of aliphatic imine (C=N–C) groups is 1. The molecule has 0 amide bonds. The highest BCUT2D eigenvalue weighted by atomic mass is 16.5. The van der Waals surface area contributed by atoms with Crippen LogP contribution < -0.4 is 10.1 Å². The number of methoxy groups -OCH3 is 1. The highest BCUT2D eigenvalue weighted by Crippen LogP contribution is 2.16. The largest absolute Gasteiger partial charge is 0.493 e. The van der Waals surface area contributed by atoms with E-state index in [0.29, 0.717) is 12.0 Å². The summed E-state index contributed by atoms with van der Waals surface area (Å²) < 4.78 is 16.8. The van der Waals surface area contributed by atoms with Crippen LogP contribution in [0.25, 0.3) is 0 Å². The van der Waals surface area contributed by atoms with Crippen molar-refractivity contribution < 1.29 is 14.2 Å². The van der Waals surface area contributed by atoms with Gasteiger partial charge in [0.2, 0.25) is 0 Å². The van der Waals surface area contributed by atoms with Crippen molar-refractivity contribution in [2.24, 2.45) is 10.9 Å². The molecule has 0 atom stereocenters. The normalized spacial score (nSPS) is 15.9. The van der Waals surface area contributed by atoms with E-state index in [2.05, 4.69) is 41.2 Å². The van der Waals surface area contributed by atoms with Gasteiger partial charge in [0.15, 0.2) is 5.96 Å². The molecule has 0 aliphatic carbocycles. The molecule has 6 nitrogen and oxygen atoms in total. The lowest BCUT2D eigenvalue weighted by atomic mass is 10.1. The van der Waals surface area contributed by atoms with Crippen molar-refractivity contribution in [2.45, 2.75) is 45.8 Å². The van der Waals surface area contributed by atoms with Gasteiger partial charge in [0, 0.05) is 47.0 Å². The monoisotopic (exact) mass is 391 g/mol. The first kappa shape index (κ1) is 22.5. The number of hydrogen-bond acceptors (Lipinski definition) is 4. The number of hydrogen-bond donors (Lipinski definition) is 1. The summed E-state index contributed by atoms with van der Waals surface area (Å²) in [4.78, 5) is 6.78. The summed E-state index contributed by atoms with van der Waals surface area (Å²) in [5, 5.41) is 3.49. The van der Waals surface area contributed by atoms with Crippen LogP contribution in [-0.2, 0) is 16.0 Å². The molecule has 0 bridgehead atoms. The number of benzene rings is 1. The van der Waals surface area contributed by atoms with Crippen LogP contribution in [0.5, 0.6) is 5.75 Å². The van der Waals surface area contributed by atoms with Gasteiger partial charge in [-0.25, -0.2) is 0 Å². The minimum Gasteiger partial charge on any atom is -0.493 e. The Hall–Kier alpha value is -1.79. The molecule has 1 fully saturated rings. The average molecular weight is 392 g/mol. The molecule has 0 spiro atoms. The Balaban J connectivity index is 1.75. The molecule has 1 aromatic rings. The van der Waals surface area contributed by atoms with Gasteiger partial charge < -0.3 is 24.4 Å². The molecule has 1 heterocycles. The Kier molecular flexibility index (Phi) is 10.1. The molecule has 0 unspecified atom stereocenters. The van der Waals surface area contributed by atoms with E-state index in [1.165, 1.54) is 5.56 Å². The van der Waals surface area contributed by atoms with E-state index in [0.717, 1.165) is 70.4 Å². The van der Waals surface area contributed by atoms with Crippen LogP contribution in [0, 0.1) is 5.92 Å². The molecule has 0 aromatic heterocycles. The van der Waals surface area contributed by atoms with Crippen molar-refractivity contribution in [3.63, 3.8) is 0 Å². The predicted octanol–water partition coefficient (Wildman–Crippen LogP) is 3.31. The zero-order valence-electron chi connectivity index (χ0n) is 17.9. The number of nitrogens with zero attached hydrogens (tertiary/aromatic N) is 2. The first-order chi connectivity index (χ1) is 13.6. The summed E-state index contributed by atoms with van der Waals surface area (Å²) in [6.45, 7) is 9.25. The Morgan fingerprint density at radius 3 is 2.71 bits per heavy atom. The molecule has 1 saturated heterocycles. The molecule has 28 heavy (non-hydrogen) atoms. The summed E-state index contributed by atoms with van der Waals surface area (Å²) in [7, 11) is 3.57. The number of ether oxygens (including phenoxy) is 3. The third-order valence-electron chi connectivity index (χ3n) is 4.73. The maximum atomic E-state index is 5.95. The Bertz CT molecular complexity index is 584. The zero-order chi connectivity index (χ0) is 20.2. The summed E-state index contributed by atoms with van der Waals surface area (Å²) in [5.74, 6) is 2.40. The molecule has 6 heteroatoms. The maximum Gasteiger partial charge on any atom is 0.193 e. The standard InChI is InChI=1S/C22H37N3O3/c1-18(2)17-28-21-8-5-7-19(15-21)16-24-22(23-3)25-11-9-20(10-12-25)27-14-6-13-26-4/h5,7-8,15,18,20H,6,9-14,16-17H2,1-4H3,(H,23,24). The van der Waals surface area contributed by atoms with Crippen LogP contribution in [0.2, 0.25) is 0 Å². The van der Waals surface area contributed by atoms with E-state index in [1.807, 2.05) is 19.2 Å². The van der Waals surface area contributed by atoms with Crippen LogP contribution >= 0.6 is 0 Å². The molecule has 1 N–H and O–H groups in total. The molecule has 1 aliphatic heterocycles. The summed E-state index contributed by atoms with van der Waals surface area (Å²) >= 11 is 0. The van der Waals surface area contributed by atoms with E-state index in [9.17, 15) is 0 Å². The quantitative estimate of drug-likeness (QED) is 0.377. The summed E-state index contributed by atoms with van der Waals surface area (Å²) in [6.07, 6.45) is 3.37. The fourth-order valence-electron chi connectivity index (χ4n) is 3.21. The Labute approximate surface area is 170 Å². The fourth-order valence-corrected chi connectivity index (χ4v) is 3.21. The van der Waals surface area contributed by atoms with Crippen LogP contribution in [0.3, 0.4) is 0 Å². The molecule has 1 aliphatic rings. The molecular weight excluding hydrogens is 354 g/mol. The lowest BCUT2D eigenvalue weighted by molar-refractivity contribution is 0.00989. The van der Waals surface area contributed by atoms with Gasteiger partial charge in [-0.2, -0.15) is 0 Å². The van der Waals surface area contributed by atoms with Gasteiger partial charge in [0.05, 0.1) is 12.7 Å². The van der Waals surface area contributed by atoms with E-state index < -0.39 is 0 Å². The van der Waals surface area contributed by atoms with Crippen molar-refractivity contribution >= 4 is 5.96 Å². The van der Waals surface area contributed by atoms with E-state index in [1.54, 1.807) is 7.11 Å². The van der Waals surface area contributed by atoms with Crippen LogP contribution in [-0.4, -0.2) is 64.0 Å². The van der Waals surface area contributed by atoms with Gasteiger partial charge in [-0.15, -0.1) is 0 Å². The number of likely N-dealkylation sites (tertiary alicyclic amines) is 1. The SMILES string of the molecule is CN=C(NCc1cccc(OCC(C)C)c1)N1CCC(OCCCOC)CC1. The minimum atomic E-state index is 0.348. The molecule has 2 rings (SSSR count). The second-order valence-electron chi connectivity index (χ2n) is 7.66. The molecule has 1 aromatic carbocycles. The third kappa shape index (κ3) is 8.07. The minimum absolute atomic E-state index is 0.348. The van der Waals surface area contributed by atoms with Crippen LogP contribution in [0.1, 0.15) is 38.7 Å². The third-order valence-corrected chi connectivity index (χ3v) is 4.73. The Morgan fingerprint density at radius 1 is 1.25 bits per heavy atom. The van der Waals surface area contributed by atoms with E-state index >= 15 is 0 Å². The molecular formula is C22H37N3O3. The second-order valence-corrected chi connectivity index (χ2v) is 7.66. The van der Waals surface area contributed by atoms with E-state index in [4.69, 9.17) is 14.2 Å². The van der Waals surface area contributed by atoms with Gasteiger partial charge in [-0.05, 0) is 42.9 Å². The first-order valence-corrected chi connectivity index (χ1v) is 10.4. The van der Waals surface area contributed by atoms with Gasteiger partial charge in [0.1, 0.15) is 5.75 Å². The van der Waals surface area contributed by atoms with Crippen molar-refractivity contribution in [3.05, 3.63) is 29.8 Å². The maximum absolute atomic E-state index is 5.95. The van der Waals surface area contributed by atoms with E-state index in [-0.39, 0.29) is 0 Å². The summed E-state index contributed by atoms with van der Waals surface area (Å²) in [6, 6.07) is 8.27. The highest BCUT2D eigenvalue weighted by Gasteiger charge is 2.21. The summed E-state index contributed by atoms with van der Waals surface area (Å²) in [5.41, 5.74) is 1.19. The lowest BCUT2D eigenvalue weighted by Crippen LogP contribution is -2.46. The van der Waals surface area contributed by atoms with Gasteiger partial charge in [-0.3, -0.25) is 4.99 Å². The second kappa shape index (κ2) is 12.6. The van der Waals surface area contributed by atoms with Crippen molar-refractivity contribution in [1.29, 1.82) is 0 Å². The molecule has 158 valence electrons. The average Bonchev–Trinajstić information content (AvgIpc) is 2.71. The van der Waals surface area contributed by atoms with Crippen molar-refractivity contribution in [1.82, 2.24) is 10.2 Å². The highest BCUT2D eigenvalue weighted by molar-refractivity contribution is 5.80. The number of piperidine rings is 1. The fraction of sp³-hybridized carbons (Fsp3) is 0.682. The molecule has 0 radical (unpaired) electrons. The van der Waals surface area contributed by atoms with Crippen molar-refractivity contribution in [2.75, 3.05) is 47.1 Å². The molecule has 0 saturated carbocycles. The van der Waals surface area contributed by atoms with Gasteiger partial charge >= 0.3 is 0 Å². The predicted molar refractivity (Wildman–Crippen MR) is 114 cm³/mol. The number of guanidine groups is 1. The zero-order valence-corrected chi connectivity index (χ0v) is 17.9. The first-order valence-electron chi connectivity index (χ1n) is 10.4. The van der Waals surface area contributed by atoms with Gasteiger partial charge in [-0.1, -0.05) is 26.0 Å². The topological polar surface area (TPSA) is 55.3 Å². The number of rotatable bonds is 10. The lowest BCUT2D eigenvalue weighted by Gasteiger charge is -2.34. The van der Waals surface area contributed by atoms with Crippen molar-refractivity contribution in [3.8, 4) is 5.75 Å². The van der Waals surface area contributed by atoms with Crippen LogP contribution in [0.15, 0.2) is 29.3 Å².